The molecule has 2 N–H and O–H groups in total. The summed E-state index contributed by atoms with van der Waals surface area (Å²) in [5.74, 6) is 5.94. The van der Waals surface area contributed by atoms with Crippen LogP contribution in [-0.2, 0) is 0 Å². The van der Waals surface area contributed by atoms with Gasteiger partial charge in [-0.25, -0.2) is 4.98 Å². The third-order valence-electron chi connectivity index (χ3n) is 2.84. The monoisotopic (exact) mass is 244 g/mol. The van der Waals surface area contributed by atoms with Gasteiger partial charge in [0.2, 0.25) is 0 Å². The molecule has 1 aliphatic rings. The van der Waals surface area contributed by atoms with Crippen molar-refractivity contribution in [3.8, 4) is 11.8 Å². The van der Waals surface area contributed by atoms with E-state index in [4.69, 9.17) is 5.11 Å². The van der Waals surface area contributed by atoms with Gasteiger partial charge in [-0.15, -0.1) is 0 Å². The zero-order valence-corrected chi connectivity index (χ0v) is 10.1. The van der Waals surface area contributed by atoms with Gasteiger partial charge in [-0.2, -0.15) is 0 Å². The lowest BCUT2D eigenvalue weighted by molar-refractivity contribution is 0.0947. The van der Waals surface area contributed by atoms with Gasteiger partial charge in [0, 0.05) is 18.3 Å². The van der Waals surface area contributed by atoms with Crippen molar-refractivity contribution in [2.45, 2.75) is 19.3 Å². The van der Waals surface area contributed by atoms with Gasteiger partial charge in [-0.3, -0.25) is 4.79 Å². The van der Waals surface area contributed by atoms with E-state index in [1.54, 1.807) is 18.3 Å². The van der Waals surface area contributed by atoms with E-state index in [0.717, 1.165) is 18.9 Å². The van der Waals surface area contributed by atoms with Crippen LogP contribution in [0.3, 0.4) is 0 Å². The molecule has 1 aliphatic carbocycles. The van der Waals surface area contributed by atoms with Crippen LogP contribution >= 0.6 is 0 Å². The Balaban J connectivity index is 1.85. The molecule has 1 aromatic rings. The molecule has 1 amide bonds. The molecule has 0 spiro atoms. The second-order valence-electron chi connectivity index (χ2n) is 4.38. The quantitative estimate of drug-likeness (QED) is 0.775. The second kappa shape index (κ2) is 6.18. The van der Waals surface area contributed by atoms with Crippen molar-refractivity contribution in [1.29, 1.82) is 0 Å². The molecule has 1 heterocycles. The first-order valence-electron chi connectivity index (χ1n) is 6.13. The zero-order valence-electron chi connectivity index (χ0n) is 10.1. The lowest BCUT2D eigenvalue weighted by atomic mass is 10.2. The van der Waals surface area contributed by atoms with Gasteiger partial charge in [-0.05, 0) is 24.5 Å². The summed E-state index contributed by atoms with van der Waals surface area (Å²) in [7, 11) is 0. The van der Waals surface area contributed by atoms with E-state index in [1.165, 1.54) is 12.8 Å². The molecule has 0 aliphatic heterocycles. The summed E-state index contributed by atoms with van der Waals surface area (Å²) < 4.78 is 0. The summed E-state index contributed by atoms with van der Waals surface area (Å²) in [4.78, 5) is 15.8. The Labute approximate surface area is 106 Å². The Kier molecular flexibility index (Phi) is 4.32. The van der Waals surface area contributed by atoms with Crippen molar-refractivity contribution in [3.05, 3.63) is 29.6 Å². The van der Waals surface area contributed by atoms with Crippen LogP contribution in [-0.4, -0.2) is 29.1 Å². The molecule has 0 atom stereocenters. The maximum absolute atomic E-state index is 11.7. The van der Waals surface area contributed by atoms with Crippen LogP contribution in [0.1, 0.15) is 35.3 Å². The average molecular weight is 244 g/mol. The molecule has 0 saturated heterocycles. The minimum atomic E-state index is -0.177. The topological polar surface area (TPSA) is 62.2 Å². The van der Waals surface area contributed by atoms with Gasteiger partial charge in [-0.1, -0.05) is 24.7 Å². The number of aliphatic hydroxyl groups is 1. The van der Waals surface area contributed by atoms with E-state index in [-0.39, 0.29) is 12.5 Å². The number of carbonyl (C=O) groups excluding carboxylic acids is 1. The lowest BCUT2D eigenvalue weighted by Gasteiger charge is -2.03. The van der Waals surface area contributed by atoms with Crippen LogP contribution in [0.4, 0.5) is 0 Å². The van der Waals surface area contributed by atoms with Crippen molar-refractivity contribution in [1.82, 2.24) is 10.3 Å². The standard InChI is InChI=1S/C14H16N2O2/c17-9-1-2-12-5-6-13(16-10-12)14(18)15-8-7-11-3-4-11/h5-6,10-11,17H,3-4,7-9H2,(H,15,18). The van der Waals surface area contributed by atoms with Gasteiger partial charge < -0.3 is 10.4 Å². The second-order valence-corrected chi connectivity index (χ2v) is 4.38. The normalized spacial score (nSPS) is 13.6. The SMILES string of the molecule is O=C(NCCC1CC1)c1ccc(C#CCO)cn1. The third kappa shape index (κ3) is 3.86. The summed E-state index contributed by atoms with van der Waals surface area (Å²) >= 11 is 0. The average Bonchev–Trinajstić information content (AvgIpc) is 3.21. The Morgan fingerprint density at radius 2 is 2.33 bits per heavy atom. The summed E-state index contributed by atoms with van der Waals surface area (Å²) in [6, 6.07) is 3.37. The lowest BCUT2D eigenvalue weighted by Crippen LogP contribution is -2.25. The summed E-state index contributed by atoms with van der Waals surface area (Å²) in [5.41, 5.74) is 1.10. The van der Waals surface area contributed by atoms with E-state index in [0.29, 0.717) is 11.3 Å². The smallest absolute Gasteiger partial charge is 0.269 e. The highest BCUT2D eigenvalue weighted by atomic mass is 16.2. The van der Waals surface area contributed by atoms with Crippen LogP contribution in [0.2, 0.25) is 0 Å². The predicted molar refractivity (Wildman–Crippen MR) is 67.9 cm³/mol. The van der Waals surface area contributed by atoms with Crippen LogP contribution in [0.25, 0.3) is 0 Å². The van der Waals surface area contributed by atoms with Crippen LogP contribution in [0, 0.1) is 17.8 Å². The molecular formula is C14H16N2O2. The van der Waals surface area contributed by atoms with Crippen molar-refractivity contribution in [2.75, 3.05) is 13.2 Å². The molecule has 2 rings (SSSR count). The van der Waals surface area contributed by atoms with Crippen LogP contribution in [0.5, 0.6) is 0 Å². The number of aromatic nitrogens is 1. The number of hydrogen-bond donors (Lipinski definition) is 2. The van der Waals surface area contributed by atoms with Crippen molar-refractivity contribution < 1.29 is 9.90 Å². The molecular weight excluding hydrogens is 228 g/mol. The fourth-order valence-electron chi connectivity index (χ4n) is 1.63. The summed E-state index contributed by atoms with van der Waals surface area (Å²) in [6.45, 7) is 0.542. The number of rotatable bonds is 4. The van der Waals surface area contributed by atoms with E-state index >= 15 is 0 Å². The molecule has 94 valence electrons. The van der Waals surface area contributed by atoms with Crippen LogP contribution in [0.15, 0.2) is 18.3 Å². The van der Waals surface area contributed by atoms with Gasteiger partial charge in [0.25, 0.3) is 5.91 Å². The Morgan fingerprint density at radius 3 is 2.94 bits per heavy atom. The van der Waals surface area contributed by atoms with E-state index in [2.05, 4.69) is 22.1 Å². The van der Waals surface area contributed by atoms with Gasteiger partial charge >= 0.3 is 0 Å². The maximum atomic E-state index is 11.7. The highest BCUT2D eigenvalue weighted by molar-refractivity contribution is 5.92. The Hall–Kier alpha value is -1.86. The van der Waals surface area contributed by atoms with Crippen LogP contribution < -0.4 is 5.32 Å². The minimum Gasteiger partial charge on any atom is -0.384 e. The molecule has 0 aromatic carbocycles. The van der Waals surface area contributed by atoms with Gasteiger partial charge in [0.15, 0.2) is 0 Å². The van der Waals surface area contributed by atoms with Gasteiger partial charge in [0.1, 0.15) is 12.3 Å². The number of hydrogen-bond acceptors (Lipinski definition) is 3. The van der Waals surface area contributed by atoms with E-state index in [9.17, 15) is 4.79 Å². The molecule has 18 heavy (non-hydrogen) atoms. The van der Waals surface area contributed by atoms with Gasteiger partial charge in [0.05, 0.1) is 0 Å². The fourth-order valence-corrected chi connectivity index (χ4v) is 1.63. The van der Waals surface area contributed by atoms with Crippen molar-refractivity contribution >= 4 is 5.91 Å². The molecule has 1 saturated carbocycles. The van der Waals surface area contributed by atoms with E-state index in [1.807, 2.05) is 0 Å². The molecule has 1 fully saturated rings. The fraction of sp³-hybridized carbons (Fsp3) is 0.429. The molecule has 0 unspecified atom stereocenters. The number of aliphatic hydroxyl groups excluding tert-OH is 1. The maximum Gasteiger partial charge on any atom is 0.269 e. The molecule has 0 radical (unpaired) electrons. The number of amides is 1. The molecule has 4 nitrogen and oxygen atoms in total. The first kappa shape index (κ1) is 12.6. The first-order chi connectivity index (χ1) is 8.79. The highest BCUT2D eigenvalue weighted by Crippen LogP contribution is 2.31. The summed E-state index contributed by atoms with van der Waals surface area (Å²) in [6.07, 6.45) is 5.20. The Morgan fingerprint density at radius 1 is 1.50 bits per heavy atom. The molecule has 4 heteroatoms. The predicted octanol–water partition coefficient (Wildman–Crippen LogP) is 0.955. The molecule has 0 bridgehead atoms. The third-order valence-corrected chi connectivity index (χ3v) is 2.84. The van der Waals surface area contributed by atoms with Crippen molar-refractivity contribution in [2.24, 2.45) is 5.92 Å². The number of nitrogens with zero attached hydrogens (tertiary/aromatic N) is 1. The first-order valence-corrected chi connectivity index (χ1v) is 6.13. The Bertz CT molecular complexity index is 467. The zero-order chi connectivity index (χ0) is 12.8. The number of carbonyl (C=O) groups is 1. The minimum absolute atomic E-state index is 0.141. The molecule has 1 aromatic heterocycles. The van der Waals surface area contributed by atoms with Crippen molar-refractivity contribution in [3.63, 3.8) is 0 Å². The van der Waals surface area contributed by atoms with E-state index < -0.39 is 0 Å². The highest BCUT2D eigenvalue weighted by Gasteiger charge is 2.20. The number of pyridine rings is 1. The largest absolute Gasteiger partial charge is 0.384 e. The number of nitrogens with one attached hydrogen (secondary N) is 1. The summed E-state index contributed by atoms with van der Waals surface area (Å²) in [5, 5.41) is 11.4.